The summed E-state index contributed by atoms with van der Waals surface area (Å²) in [6.07, 6.45) is 5.67. The molecular formula is C37H47FO5Si. The SMILES string of the molecule is C=C(C)C(=O)Oc1cc(CCO[Si](C)(C)C(C)(C)C)c(OCC=O)cc1-c1ccc(-c2ccc(CCCCC)cc2)cc1F. The number of carbonyl (C=O) groups is 2. The molecular weight excluding hydrogens is 571 g/mol. The molecule has 0 N–H and O–H groups in total. The Morgan fingerprint density at radius 3 is 2.20 bits per heavy atom. The molecule has 0 aromatic heterocycles. The van der Waals surface area contributed by atoms with Gasteiger partial charge in [0.15, 0.2) is 14.6 Å². The Kier molecular flexibility index (Phi) is 12.3. The molecule has 0 saturated heterocycles. The van der Waals surface area contributed by atoms with Gasteiger partial charge in [0.05, 0.1) is 0 Å². The third-order valence-electron chi connectivity index (χ3n) is 8.28. The minimum absolute atomic E-state index is 0.0379. The van der Waals surface area contributed by atoms with Crippen molar-refractivity contribution in [2.75, 3.05) is 13.2 Å². The van der Waals surface area contributed by atoms with E-state index in [1.165, 1.54) is 24.5 Å². The van der Waals surface area contributed by atoms with Gasteiger partial charge in [0.25, 0.3) is 0 Å². The maximum atomic E-state index is 15.8. The van der Waals surface area contributed by atoms with Gasteiger partial charge in [-0.15, -0.1) is 0 Å². The number of ether oxygens (including phenoxy) is 2. The van der Waals surface area contributed by atoms with Gasteiger partial charge in [0.2, 0.25) is 0 Å². The molecule has 0 heterocycles. The Balaban J connectivity index is 2.00. The quantitative estimate of drug-likeness (QED) is 0.0424. The summed E-state index contributed by atoms with van der Waals surface area (Å²) in [5.41, 5.74) is 4.41. The van der Waals surface area contributed by atoms with Crippen LogP contribution in [0.5, 0.6) is 11.5 Å². The van der Waals surface area contributed by atoms with Gasteiger partial charge in [-0.1, -0.05) is 83.5 Å². The molecule has 0 fully saturated rings. The van der Waals surface area contributed by atoms with Gasteiger partial charge in [-0.2, -0.15) is 0 Å². The minimum atomic E-state index is -2.02. The molecule has 0 radical (unpaired) electrons. The first kappa shape index (κ1) is 34.9. The highest BCUT2D eigenvalue weighted by Crippen LogP contribution is 2.40. The van der Waals surface area contributed by atoms with Crippen molar-refractivity contribution in [1.29, 1.82) is 0 Å². The number of aldehydes is 1. The van der Waals surface area contributed by atoms with Crippen LogP contribution >= 0.6 is 0 Å². The second-order valence-corrected chi connectivity index (χ2v) is 17.6. The predicted molar refractivity (Wildman–Crippen MR) is 179 cm³/mol. The lowest BCUT2D eigenvalue weighted by molar-refractivity contribution is -0.130. The van der Waals surface area contributed by atoms with Crippen molar-refractivity contribution < 1.29 is 27.9 Å². The highest BCUT2D eigenvalue weighted by atomic mass is 28.4. The summed E-state index contributed by atoms with van der Waals surface area (Å²) in [4.78, 5) is 23.9. The fourth-order valence-corrected chi connectivity index (χ4v) is 5.57. The first-order chi connectivity index (χ1) is 20.8. The van der Waals surface area contributed by atoms with Crippen molar-refractivity contribution in [3.05, 3.63) is 83.7 Å². The third-order valence-corrected chi connectivity index (χ3v) is 12.8. The van der Waals surface area contributed by atoms with Gasteiger partial charge in [-0.3, -0.25) is 4.79 Å². The number of benzene rings is 3. The van der Waals surface area contributed by atoms with Crippen LogP contribution in [0.15, 0.2) is 66.7 Å². The Hall–Kier alpha value is -3.55. The average Bonchev–Trinajstić information content (AvgIpc) is 2.96. The second-order valence-electron chi connectivity index (χ2n) is 12.8. The van der Waals surface area contributed by atoms with Crippen molar-refractivity contribution >= 4 is 20.6 Å². The third kappa shape index (κ3) is 9.23. The Labute approximate surface area is 263 Å². The highest BCUT2D eigenvalue weighted by Gasteiger charge is 2.37. The summed E-state index contributed by atoms with van der Waals surface area (Å²) >= 11 is 0. The van der Waals surface area contributed by atoms with Crippen LogP contribution in [0.4, 0.5) is 4.39 Å². The summed E-state index contributed by atoms with van der Waals surface area (Å²) in [5.74, 6) is -0.505. The second kappa shape index (κ2) is 15.4. The lowest BCUT2D eigenvalue weighted by Gasteiger charge is -2.36. The minimum Gasteiger partial charge on any atom is -0.486 e. The Morgan fingerprint density at radius 1 is 0.932 bits per heavy atom. The van der Waals surface area contributed by atoms with Crippen molar-refractivity contribution in [3.63, 3.8) is 0 Å². The van der Waals surface area contributed by atoms with E-state index < -0.39 is 20.1 Å². The topological polar surface area (TPSA) is 61.8 Å². The van der Waals surface area contributed by atoms with Crippen molar-refractivity contribution in [2.24, 2.45) is 0 Å². The molecule has 0 bridgehead atoms. The summed E-state index contributed by atoms with van der Waals surface area (Å²) in [5, 5.41) is 0.0379. The van der Waals surface area contributed by atoms with Crippen LogP contribution in [0.1, 0.15) is 65.0 Å². The van der Waals surface area contributed by atoms with E-state index in [2.05, 4.69) is 59.5 Å². The molecule has 0 aliphatic rings. The first-order valence-electron chi connectivity index (χ1n) is 15.4. The normalized spacial score (nSPS) is 11.7. The van der Waals surface area contributed by atoms with E-state index in [9.17, 15) is 9.59 Å². The van der Waals surface area contributed by atoms with Crippen LogP contribution in [0.3, 0.4) is 0 Å². The predicted octanol–water partition coefficient (Wildman–Crippen LogP) is 9.52. The molecule has 7 heteroatoms. The van der Waals surface area contributed by atoms with Crippen molar-refractivity contribution in [3.8, 4) is 33.8 Å². The van der Waals surface area contributed by atoms with Gasteiger partial charge < -0.3 is 13.9 Å². The maximum Gasteiger partial charge on any atom is 0.338 e. The molecule has 0 aliphatic carbocycles. The molecule has 0 spiro atoms. The summed E-state index contributed by atoms with van der Waals surface area (Å²) in [6.45, 7) is 18.6. The Morgan fingerprint density at radius 2 is 1.61 bits per heavy atom. The largest absolute Gasteiger partial charge is 0.486 e. The Bertz CT molecular complexity index is 1450. The number of hydrogen-bond donors (Lipinski definition) is 0. The van der Waals surface area contributed by atoms with E-state index in [1.807, 2.05) is 18.2 Å². The number of aryl methyl sites for hydroxylation is 1. The van der Waals surface area contributed by atoms with Gasteiger partial charge in [-0.25, -0.2) is 9.18 Å². The maximum absolute atomic E-state index is 15.8. The van der Waals surface area contributed by atoms with Crippen molar-refractivity contribution in [2.45, 2.75) is 84.9 Å². The average molecular weight is 619 g/mol. The van der Waals surface area contributed by atoms with Crippen LogP contribution in [0, 0.1) is 5.82 Å². The van der Waals surface area contributed by atoms with Crippen LogP contribution < -0.4 is 9.47 Å². The molecule has 0 amide bonds. The van der Waals surface area contributed by atoms with E-state index >= 15 is 4.39 Å². The van der Waals surface area contributed by atoms with Crippen molar-refractivity contribution in [1.82, 2.24) is 0 Å². The fourth-order valence-electron chi connectivity index (χ4n) is 4.53. The standard InChI is InChI=1S/C37H47FO5Si/c1-9-10-11-12-27-13-15-28(16-14-27)29-17-18-31(33(38)23-29)32-25-34(41-22-20-39)30(24-35(32)43-36(40)26(2)3)19-21-42-44(7,8)37(4,5)6/h13-18,20,23-25H,2,9-12,19,21-22H2,1,3-8H3. The number of carbonyl (C=O) groups excluding carboxylic acids is 2. The lowest BCUT2D eigenvalue weighted by atomic mass is 9.96. The zero-order chi connectivity index (χ0) is 32.5. The number of hydrogen-bond acceptors (Lipinski definition) is 5. The number of esters is 1. The first-order valence-corrected chi connectivity index (χ1v) is 18.3. The van der Waals surface area contributed by atoms with Crippen LogP contribution in [-0.2, 0) is 26.9 Å². The molecule has 5 nitrogen and oxygen atoms in total. The smallest absolute Gasteiger partial charge is 0.338 e. The van der Waals surface area contributed by atoms with Gasteiger partial charge in [0, 0.05) is 28.9 Å². The highest BCUT2D eigenvalue weighted by molar-refractivity contribution is 6.74. The molecule has 236 valence electrons. The van der Waals surface area contributed by atoms with Gasteiger partial charge >= 0.3 is 5.97 Å². The molecule has 3 rings (SSSR count). The van der Waals surface area contributed by atoms with E-state index in [-0.39, 0.29) is 28.5 Å². The molecule has 0 saturated carbocycles. The number of rotatable bonds is 15. The zero-order valence-electron chi connectivity index (χ0n) is 27.3. The monoisotopic (exact) mass is 618 g/mol. The molecule has 0 aliphatic heterocycles. The summed E-state index contributed by atoms with van der Waals surface area (Å²) in [6, 6.07) is 16.5. The van der Waals surface area contributed by atoms with E-state index in [4.69, 9.17) is 13.9 Å². The van der Waals surface area contributed by atoms with Gasteiger partial charge in [0.1, 0.15) is 23.9 Å². The lowest BCUT2D eigenvalue weighted by Crippen LogP contribution is -2.41. The van der Waals surface area contributed by atoms with Crippen LogP contribution in [-0.4, -0.2) is 33.8 Å². The summed E-state index contributed by atoms with van der Waals surface area (Å²) in [7, 11) is -2.02. The molecule has 0 unspecified atom stereocenters. The number of unbranched alkanes of at least 4 members (excludes halogenated alkanes) is 2. The zero-order valence-corrected chi connectivity index (χ0v) is 28.3. The van der Waals surface area contributed by atoms with E-state index in [0.29, 0.717) is 36.2 Å². The summed E-state index contributed by atoms with van der Waals surface area (Å²) < 4.78 is 33.7. The molecule has 3 aromatic rings. The van der Waals surface area contributed by atoms with E-state index in [0.717, 1.165) is 24.0 Å². The molecule has 44 heavy (non-hydrogen) atoms. The van der Waals surface area contributed by atoms with Gasteiger partial charge in [-0.05, 0) is 79.2 Å². The van der Waals surface area contributed by atoms with Crippen LogP contribution in [0.2, 0.25) is 18.1 Å². The fraction of sp³-hybridized carbons (Fsp3) is 0.405. The number of halogens is 1. The molecule has 3 aromatic carbocycles. The van der Waals surface area contributed by atoms with E-state index in [1.54, 1.807) is 25.1 Å². The van der Waals surface area contributed by atoms with Crippen LogP contribution in [0.25, 0.3) is 22.3 Å². The molecule has 0 atom stereocenters.